The van der Waals surface area contributed by atoms with E-state index in [-0.39, 0.29) is 5.91 Å². The number of nitrogens with one attached hydrogen (secondary N) is 1. The summed E-state index contributed by atoms with van der Waals surface area (Å²) in [5.41, 5.74) is 1.17. The molecule has 106 valence electrons. The van der Waals surface area contributed by atoms with Crippen LogP contribution in [0, 0.1) is 0 Å². The first-order valence-electron chi connectivity index (χ1n) is 6.73. The summed E-state index contributed by atoms with van der Waals surface area (Å²) in [6.07, 6.45) is 1.95. The van der Waals surface area contributed by atoms with E-state index >= 15 is 0 Å². The van der Waals surface area contributed by atoms with Gasteiger partial charge in [-0.15, -0.1) is 0 Å². The van der Waals surface area contributed by atoms with E-state index in [9.17, 15) is 4.79 Å². The van der Waals surface area contributed by atoms with E-state index in [0.717, 1.165) is 26.0 Å². The highest BCUT2D eigenvalue weighted by molar-refractivity contribution is 5.78. The molecule has 1 N–H and O–H groups in total. The van der Waals surface area contributed by atoms with Gasteiger partial charge in [0.15, 0.2) is 0 Å². The first-order valence-corrected chi connectivity index (χ1v) is 6.73. The smallest absolute Gasteiger partial charge is 0.236 e. The zero-order chi connectivity index (χ0) is 13.9. The van der Waals surface area contributed by atoms with Crippen molar-refractivity contribution in [3.63, 3.8) is 0 Å². The molecule has 19 heavy (non-hydrogen) atoms. The minimum atomic E-state index is 0.142. The molecule has 4 nitrogen and oxygen atoms in total. The van der Waals surface area contributed by atoms with Crippen molar-refractivity contribution in [2.75, 3.05) is 33.9 Å². The maximum absolute atomic E-state index is 12.0. The van der Waals surface area contributed by atoms with Gasteiger partial charge < -0.3 is 15.0 Å². The largest absolute Gasteiger partial charge is 0.385 e. The minimum absolute atomic E-state index is 0.142. The van der Waals surface area contributed by atoms with Crippen LogP contribution in [-0.4, -0.2) is 44.7 Å². The van der Waals surface area contributed by atoms with Crippen molar-refractivity contribution < 1.29 is 9.53 Å². The van der Waals surface area contributed by atoms with Crippen LogP contribution in [0.4, 0.5) is 0 Å². The summed E-state index contributed by atoms with van der Waals surface area (Å²) in [7, 11) is 3.50. The maximum Gasteiger partial charge on any atom is 0.236 e. The molecule has 0 radical (unpaired) electrons. The van der Waals surface area contributed by atoms with Crippen LogP contribution in [0.1, 0.15) is 18.4 Å². The Balaban J connectivity index is 2.51. The molecule has 4 heteroatoms. The summed E-state index contributed by atoms with van der Waals surface area (Å²) in [4.78, 5) is 13.9. The molecule has 0 atom stereocenters. The number of rotatable bonds is 9. The van der Waals surface area contributed by atoms with Crippen LogP contribution >= 0.6 is 0 Å². The average molecular weight is 264 g/mol. The Morgan fingerprint density at radius 1 is 1.26 bits per heavy atom. The molecule has 0 aliphatic heterocycles. The minimum Gasteiger partial charge on any atom is -0.385 e. The van der Waals surface area contributed by atoms with Gasteiger partial charge in [0.25, 0.3) is 0 Å². The van der Waals surface area contributed by atoms with Gasteiger partial charge >= 0.3 is 0 Å². The maximum atomic E-state index is 12.0. The second-order valence-corrected chi connectivity index (χ2v) is 4.53. The number of unbranched alkanes of at least 4 members (excludes halogenated alkanes) is 1. The number of benzene rings is 1. The number of ether oxygens (including phenoxy) is 1. The molecule has 0 aliphatic rings. The number of carbonyl (C=O) groups is 1. The Morgan fingerprint density at radius 3 is 2.63 bits per heavy atom. The molecule has 1 amide bonds. The van der Waals surface area contributed by atoms with Crippen molar-refractivity contribution in [2.24, 2.45) is 0 Å². The highest BCUT2D eigenvalue weighted by Gasteiger charge is 2.12. The Morgan fingerprint density at radius 2 is 2.00 bits per heavy atom. The first-order chi connectivity index (χ1) is 9.27. The van der Waals surface area contributed by atoms with Gasteiger partial charge in [0.05, 0.1) is 6.54 Å². The number of amides is 1. The molecule has 0 unspecified atom stereocenters. The lowest BCUT2D eigenvalue weighted by atomic mass is 10.2. The SMILES string of the molecule is CNCC(=O)N(CCCCOC)Cc1ccccc1. The van der Waals surface area contributed by atoms with E-state index < -0.39 is 0 Å². The van der Waals surface area contributed by atoms with E-state index in [4.69, 9.17) is 4.74 Å². The number of likely N-dealkylation sites (N-methyl/N-ethyl adjacent to an activating group) is 1. The fraction of sp³-hybridized carbons (Fsp3) is 0.533. The molecule has 0 spiro atoms. The zero-order valence-electron chi connectivity index (χ0n) is 11.9. The number of carbonyl (C=O) groups excluding carboxylic acids is 1. The lowest BCUT2D eigenvalue weighted by Crippen LogP contribution is -2.37. The number of hydrogen-bond donors (Lipinski definition) is 1. The number of methoxy groups -OCH3 is 1. The standard InChI is InChI=1S/C15H24N2O2/c1-16-12-15(18)17(10-6-7-11-19-2)13-14-8-4-3-5-9-14/h3-5,8-9,16H,6-7,10-13H2,1-2H3. The molecule has 1 rings (SSSR count). The normalized spacial score (nSPS) is 10.4. The van der Waals surface area contributed by atoms with E-state index in [0.29, 0.717) is 13.1 Å². The average Bonchev–Trinajstić information content (AvgIpc) is 2.43. The molecule has 0 aromatic heterocycles. The molecule has 0 saturated heterocycles. The van der Waals surface area contributed by atoms with E-state index in [1.54, 1.807) is 14.2 Å². The lowest BCUT2D eigenvalue weighted by molar-refractivity contribution is -0.130. The van der Waals surface area contributed by atoms with Gasteiger partial charge in [-0.1, -0.05) is 30.3 Å². The zero-order valence-corrected chi connectivity index (χ0v) is 11.9. The molecule has 0 aliphatic carbocycles. The van der Waals surface area contributed by atoms with Crippen LogP contribution in [0.25, 0.3) is 0 Å². The van der Waals surface area contributed by atoms with Gasteiger partial charge in [-0.2, -0.15) is 0 Å². The van der Waals surface area contributed by atoms with Crippen molar-refractivity contribution in [1.29, 1.82) is 0 Å². The van der Waals surface area contributed by atoms with E-state index in [1.807, 2.05) is 23.1 Å². The van der Waals surface area contributed by atoms with Gasteiger partial charge in [-0.3, -0.25) is 4.79 Å². The van der Waals surface area contributed by atoms with Crippen molar-refractivity contribution in [2.45, 2.75) is 19.4 Å². The second kappa shape index (κ2) is 9.53. The molecular weight excluding hydrogens is 240 g/mol. The Labute approximate surface area is 115 Å². The van der Waals surface area contributed by atoms with Crippen molar-refractivity contribution >= 4 is 5.91 Å². The highest BCUT2D eigenvalue weighted by Crippen LogP contribution is 2.06. The van der Waals surface area contributed by atoms with Gasteiger partial charge in [0, 0.05) is 26.8 Å². The Bertz CT molecular complexity index is 354. The third-order valence-corrected chi connectivity index (χ3v) is 2.92. The lowest BCUT2D eigenvalue weighted by Gasteiger charge is -2.23. The topological polar surface area (TPSA) is 41.6 Å². The molecular formula is C15H24N2O2. The Hall–Kier alpha value is -1.39. The number of hydrogen-bond acceptors (Lipinski definition) is 3. The Kier molecular flexibility index (Phi) is 7.86. The summed E-state index contributed by atoms with van der Waals surface area (Å²) in [5.74, 6) is 0.142. The molecule has 1 aromatic carbocycles. The monoisotopic (exact) mass is 264 g/mol. The van der Waals surface area contributed by atoms with Crippen LogP contribution in [-0.2, 0) is 16.1 Å². The summed E-state index contributed by atoms with van der Waals surface area (Å²) < 4.78 is 5.03. The van der Waals surface area contributed by atoms with Crippen LogP contribution in [0.3, 0.4) is 0 Å². The van der Waals surface area contributed by atoms with Crippen LogP contribution in [0.2, 0.25) is 0 Å². The summed E-state index contributed by atoms with van der Waals surface area (Å²) in [5, 5.41) is 2.92. The summed E-state index contributed by atoms with van der Waals surface area (Å²) >= 11 is 0. The van der Waals surface area contributed by atoms with Gasteiger partial charge in [-0.25, -0.2) is 0 Å². The third-order valence-electron chi connectivity index (χ3n) is 2.92. The molecule has 0 saturated carbocycles. The third kappa shape index (κ3) is 6.36. The van der Waals surface area contributed by atoms with Gasteiger partial charge in [-0.05, 0) is 25.5 Å². The van der Waals surface area contributed by atoms with Gasteiger partial charge in [0.2, 0.25) is 5.91 Å². The summed E-state index contributed by atoms with van der Waals surface area (Å²) in [6.45, 7) is 2.59. The quantitative estimate of drug-likeness (QED) is 0.690. The van der Waals surface area contributed by atoms with E-state index in [2.05, 4.69) is 17.4 Å². The van der Waals surface area contributed by atoms with E-state index in [1.165, 1.54) is 5.56 Å². The predicted octanol–water partition coefficient (Wildman–Crippen LogP) is 1.66. The van der Waals surface area contributed by atoms with Crippen LogP contribution in [0.15, 0.2) is 30.3 Å². The van der Waals surface area contributed by atoms with Crippen molar-refractivity contribution in [3.8, 4) is 0 Å². The predicted molar refractivity (Wildman–Crippen MR) is 76.9 cm³/mol. The highest BCUT2D eigenvalue weighted by atomic mass is 16.5. The molecule has 0 fully saturated rings. The molecule has 0 bridgehead atoms. The fourth-order valence-corrected chi connectivity index (χ4v) is 1.91. The first kappa shape index (κ1) is 15.7. The van der Waals surface area contributed by atoms with Crippen molar-refractivity contribution in [1.82, 2.24) is 10.2 Å². The molecule has 0 heterocycles. The summed E-state index contributed by atoms with van der Waals surface area (Å²) in [6, 6.07) is 10.1. The number of nitrogens with zero attached hydrogens (tertiary/aromatic N) is 1. The van der Waals surface area contributed by atoms with Crippen molar-refractivity contribution in [3.05, 3.63) is 35.9 Å². The second-order valence-electron chi connectivity index (χ2n) is 4.53. The van der Waals surface area contributed by atoms with Crippen LogP contribution < -0.4 is 5.32 Å². The van der Waals surface area contributed by atoms with Crippen LogP contribution in [0.5, 0.6) is 0 Å². The fourth-order valence-electron chi connectivity index (χ4n) is 1.91. The molecule has 1 aromatic rings. The van der Waals surface area contributed by atoms with Gasteiger partial charge in [0.1, 0.15) is 0 Å².